The number of nitrogens with zero attached hydrogens (tertiary/aromatic N) is 1. The molecule has 0 aliphatic carbocycles. The minimum absolute atomic E-state index is 0.655. The van der Waals surface area contributed by atoms with E-state index >= 15 is 0 Å². The molecule has 1 rings (SSSR count). The van der Waals surface area contributed by atoms with E-state index in [0.717, 1.165) is 12.1 Å². The van der Waals surface area contributed by atoms with E-state index < -0.39 is 8.32 Å². The second-order valence-electron chi connectivity index (χ2n) is 5.61. The SMILES string of the molecule is CO[Si](CC(C)C)(CC(C)C)c1ccccn1. The first kappa shape index (κ1) is 14.4. The molecule has 2 nitrogen and oxygen atoms in total. The fourth-order valence-corrected chi connectivity index (χ4v) is 6.99. The quantitative estimate of drug-likeness (QED) is 0.724. The summed E-state index contributed by atoms with van der Waals surface area (Å²) in [4.78, 5) is 4.56. The van der Waals surface area contributed by atoms with Gasteiger partial charge in [-0.15, -0.1) is 0 Å². The van der Waals surface area contributed by atoms with Crippen molar-refractivity contribution in [3.8, 4) is 0 Å². The van der Waals surface area contributed by atoms with Crippen LogP contribution >= 0.6 is 0 Å². The van der Waals surface area contributed by atoms with Crippen LogP contribution in [0.5, 0.6) is 0 Å². The van der Waals surface area contributed by atoms with Crippen molar-refractivity contribution in [2.45, 2.75) is 39.8 Å². The van der Waals surface area contributed by atoms with Crippen LogP contribution in [-0.4, -0.2) is 20.4 Å². The van der Waals surface area contributed by atoms with Crippen molar-refractivity contribution in [3.05, 3.63) is 24.4 Å². The second kappa shape index (κ2) is 6.31. The van der Waals surface area contributed by atoms with Gasteiger partial charge in [-0.05, 0) is 36.1 Å². The standard InChI is InChI=1S/C14H25NOSi/c1-12(2)10-17(16-5,11-13(3)4)14-8-6-7-9-15-14/h6-9,12-13H,10-11H2,1-5H3. The summed E-state index contributed by atoms with van der Waals surface area (Å²) in [5.74, 6) is 1.31. The number of hydrogen-bond donors (Lipinski definition) is 0. The zero-order valence-corrected chi connectivity index (χ0v) is 12.7. The van der Waals surface area contributed by atoms with E-state index in [0.29, 0.717) is 11.8 Å². The monoisotopic (exact) mass is 251 g/mol. The third kappa shape index (κ3) is 3.93. The summed E-state index contributed by atoms with van der Waals surface area (Å²) in [5.41, 5.74) is 0. The maximum Gasteiger partial charge on any atom is 0.243 e. The molecule has 3 heteroatoms. The molecule has 17 heavy (non-hydrogen) atoms. The summed E-state index contributed by atoms with van der Waals surface area (Å²) in [6, 6.07) is 8.49. The highest BCUT2D eigenvalue weighted by atomic mass is 28.4. The Morgan fingerprint density at radius 2 is 1.71 bits per heavy atom. The van der Waals surface area contributed by atoms with Crippen LogP contribution in [0.15, 0.2) is 24.4 Å². The van der Waals surface area contributed by atoms with Crippen molar-refractivity contribution in [2.75, 3.05) is 7.11 Å². The summed E-state index contributed by atoms with van der Waals surface area (Å²) in [7, 11) is -0.0161. The second-order valence-corrected chi connectivity index (χ2v) is 9.33. The van der Waals surface area contributed by atoms with E-state index in [1.54, 1.807) is 0 Å². The molecule has 0 bridgehead atoms. The van der Waals surface area contributed by atoms with E-state index in [1.165, 1.54) is 5.32 Å². The van der Waals surface area contributed by atoms with Crippen LogP contribution in [0.1, 0.15) is 27.7 Å². The molecule has 0 radical (unpaired) electrons. The lowest BCUT2D eigenvalue weighted by Gasteiger charge is -2.32. The topological polar surface area (TPSA) is 22.1 Å². The van der Waals surface area contributed by atoms with E-state index in [4.69, 9.17) is 4.43 Å². The van der Waals surface area contributed by atoms with Crippen molar-refractivity contribution < 1.29 is 4.43 Å². The van der Waals surface area contributed by atoms with E-state index in [9.17, 15) is 0 Å². The first-order valence-electron chi connectivity index (χ1n) is 6.47. The normalized spacial score (nSPS) is 12.4. The average Bonchev–Trinajstić information content (AvgIpc) is 2.28. The van der Waals surface area contributed by atoms with Gasteiger partial charge in [-0.3, -0.25) is 4.98 Å². The maximum absolute atomic E-state index is 6.02. The zero-order chi connectivity index (χ0) is 12.9. The fraction of sp³-hybridized carbons (Fsp3) is 0.643. The van der Waals surface area contributed by atoms with Crippen LogP contribution in [0.2, 0.25) is 12.1 Å². The van der Waals surface area contributed by atoms with Gasteiger partial charge in [-0.25, -0.2) is 0 Å². The van der Waals surface area contributed by atoms with Gasteiger partial charge in [0, 0.05) is 13.3 Å². The van der Waals surface area contributed by atoms with Gasteiger partial charge in [-0.2, -0.15) is 0 Å². The van der Waals surface area contributed by atoms with Crippen LogP contribution in [0.3, 0.4) is 0 Å². The lowest BCUT2D eigenvalue weighted by Crippen LogP contribution is -2.53. The Labute approximate surface area is 107 Å². The Balaban J connectivity index is 3.06. The van der Waals surface area contributed by atoms with Gasteiger partial charge in [0.1, 0.15) is 0 Å². The molecule has 0 saturated carbocycles. The molecule has 0 aliphatic heterocycles. The highest BCUT2D eigenvalue weighted by molar-refractivity contribution is 6.86. The van der Waals surface area contributed by atoms with Crippen molar-refractivity contribution in [1.29, 1.82) is 0 Å². The van der Waals surface area contributed by atoms with Crippen LogP contribution in [0.4, 0.5) is 0 Å². The van der Waals surface area contributed by atoms with Crippen molar-refractivity contribution >= 4 is 13.6 Å². The molecule has 0 saturated heterocycles. The largest absolute Gasteiger partial charge is 0.414 e. The molecular formula is C14H25NOSi. The molecule has 0 unspecified atom stereocenters. The van der Waals surface area contributed by atoms with Crippen molar-refractivity contribution in [3.63, 3.8) is 0 Å². The summed E-state index contributed by atoms with van der Waals surface area (Å²) >= 11 is 0. The highest BCUT2D eigenvalue weighted by Crippen LogP contribution is 2.25. The predicted octanol–water partition coefficient (Wildman–Crippen LogP) is 3.19. The Morgan fingerprint density at radius 3 is 2.06 bits per heavy atom. The van der Waals surface area contributed by atoms with Crippen molar-refractivity contribution in [2.24, 2.45) is 11.8 Å². The molecular weight excluding hydrogens is 226 g/mol. The molecule has 0 N–H and O–H groups in total. The molecule has 1 aromatic heterocycles. The number of pyridine rings is 1. The van der Waals surface area contributed by atoms with Crippen LogP contribution < -0.4 is 5.32 Å². The predicted molar refractivity (Wildman–Crippen MR) is 75.9 cm³/mol. The first-order chi connectivity index (χ1) is 8.00. The molecule has 0 spiro atoms. The fourth-order valence-electron chi connectivity index (χ4n) is 2.51. The minimum atomic E-state index is -1.88. The Kier molecular flexibility index (Phi) is 5.34. The van der Waals surface area contributed by atoms with Crippen LogP contribution in [0.25, 0.3) is 0 Å². The molecule has 1 aromatic rings. The summed E-state index contributed by atoms with van der Waals surface area (Å²) in [6.07, 6.45) is 1.89. The minimum Gasteiger partial charge on any atom is -0.414 e. The van der Waals surface area contributed by atoms with Crippen LogP contribution in [-0.2, 0) is 4.43 Å². The molecule has 96 valence electrons. The first-order valence-corrected chi connectivity index (χ1v) is 8.79. The zero-order valence-electron chi connectivity index (χ0n) is 11.7. The molecule has 0 aliphatic rings. The summed E-state index contributed by atoms with van der Waals surface area (Å²) < 4.78 is 6.02. The van der Waals surface area contributed by atoms with Gasteiger partial charge < -0.3 is 4.43 Å². The van der Waals surface area contributed by atoms with Gasteiger partial charge in [0.05, 0.1) is 5.32 Å². The maximum atomic E-state index is 6.02. The van der Waals surface area contributed by atoms with E-state index in [2.05, 4.69) is 44.8 Å². The molecule has 0 fully saturated rings. The highest BCUT2D eigenvalue weighted by Gasteiger charge is 2.38. The lowest BCUT2D eigenvalue weighted by molar-refractivity contribution is 0.386. The molecule has 0 atom stereocenters. The Bertz CT molecular complexity index is 314. The number of rotatable bonds is 6. The third-order valence-corrected chi connectivity index (χ3v) is 7.96. The average molecular weight is 251 g/mol. The Hall–Kier alpha value is -0.673. The third-order valence-electron chi connectivity index (χ3n) is 3.00. The molecule has 0 amide bonds. The Morgan fingerprint density at radius 1 is 1.12 bits per heavy atom. The summed E-state index contributed by atoms with van der Waals surface area (Å²) in [6.45, 7) is 9.07. The van der Waals surface area contributed by atoms with Gasteiger partial charge in [0.15, 0.2) is 0 Å². The van der Waals surface area contributed by atoms with Crippen molar-refractivity contribution in [1.82, 2.24) is 4.98 Å². The smallest absolute Gasteiger partial charge is 0.243 e. The lowest BCUT2D eigenvalue weighted by atomic mass is 10.3. The van der Waals surface area contributed by atoms with Gasteiger partial charge >= 0.3 is 0 Å². The number of aromatic nitrogens is 1. The van der Waals surface area contributed by atoms with Gasteiger partial charge in [0.2, 0.25) is 8.32 Å². The summed E-state index contributed by atoms with van der Waals surface area (Å²) in [5, 5.41) is 1.20. The number of hydrogen-bond acceptors (Lipinski definition) is 2. The van der Waals surface area contributed by atoms with E-state index in [1.807, 2.05) is 19.4 Å². The van der Waals surface area contributed by atoms with Gasteiger partial charge in [0.25, 0.3) is 0 Å². The van der Waals surface area contributed by atoms with E-state index in [-0.39, 0.29) is 0 Å². The van der Waals surface area contributed by atoms with Gasteiger partial charge in [-0.1, -0.05) is 33.8 Å². The molecule has 0 aromatic carbocycles. The van der Waals surface area contributed by atoms with Crippen LogP contribution in [0, 0.1) is 11.8 Å². The molecule has 1 heterocycles.